The molecule has 2 fully saturated rings. The molecule has 24 heavy (non-hydrogen) atoms. The SMILES string of the molecule is NCC(=O)NCC(=O)N1CCN(C(=O)CCC2CCCCC2)CC1. The molecule has 2 rings (SSSR count). The summed E-state index contributed by atoms with van der Waals surface area (Å²) in [7, 11) is 0. The summed E-state index contributed by atoms with van der Waals surface area (Å²) >= 11 is 0. The number of piperazine rings is 1. The largest absolute Gasteiger partial charge is 0.346 e. The van der Waals surface area contributed by atoms with Crippen molar-refractivity contribution in [3.63, 3.8) is 0 Å². The molecule has 0 unspecified atom stereocenters. The number of nitrogens with zero attached hydrogens (tertiary/aromatic N) is 2. The minimum atomic E-state index is -0.333. The molecule has 0 atom stereocenters. The van der Waals surface area contributed by atoms with E-state index in [1.165, 1.54) is 32.1 Å². The van der Waals surface area contributed by atoms with Gasteiger partial charge in [0.2, 0.25) is 17.7 Å². The van der Waals surface area contributed by atoms with E-state index in [1.807, 2.05) is 4.90 Å². The molecule has 0 aromatic heterocycles. The predicted octanol–water partition coefficient (Wildman–Crippen LogP) is 0.0926. The third-order valence-electron chi connectivity index (χ3n) is 5.10. The van der Waals surface area contributed by atoms with Gasteiger partial charge in [-0.2, -0.15) is 0 Å². The van der Waals surface area contributed by atoms with E-state index in [0.29, 0.717) is 32.6 Å². The lowest BCUT2D eigenvalue weighted by Crippen LogP contribution is -2.52. The molecule has 7 heteroatoms. The Labute approximate surface area is 143 Å². The molecule has 7 nitrogen and oxygen atoms in total. The van der Waals surface area contributed by atoms with Crippen molar-refractivity contribution in [2.45, 2.75) is 44.9 Å². The lowest BCUT2D eigenvalue weighted by atomic mass is 9.86. The molecule has 1 heterocycles. The van der Waals surface area contributed by atoms with Crippen molar-refractivity contribution in [3.05, 3.63) is 0 Å². The number of hydrogen-bond acceptors (Lipinski definition) is 4. The van der Waals surface area contributed by atoms with Gasteiger partial charge in [-0.3, -0.25) is 14.4 Å². The second kappa shape index (κ2) is 9.61. The number of hydrogen-bond donors (Lipinski definition) is 2. The summed E-state index contributed by atoms with van der Waals surface area (Å²) < 4.78 is 0. The molecule has 0 aromatic carbocycles. The smallest absolute Gasteiger partial charge is 0.242 e. The first-order valence-electron chi connectivity index (χ1n) is 9.12. The van der Waals surface area contributed by atoms with Crippen LogP contribution in [0.5, 0.6) is 0 Å². The summed E-state index contributed by atoms with van der Waals surface area (Å²) in [6, 6.07) is 0. The van der Waals surface area contributed by atoms with Crippen LogP contribution in [-0.2, 0) is 14.4 Å². The molecule has 1 saturated heterocycles. The van der Waals surface area contributed by atoms with Crippen LogP contribution in [-0.4, -0.2) is 66.8 Å². The van der Waals surface area contributed by atoms with Crippen LogP contribution in [0.2, 0.25) is 0 Å². The van der Waals surface area contributed by atoms with Gasteiger partial charge in [0.15, 0.2) is 0 Å². The number of amides is 3. The summed E-state index contributed by atoms with van der Waals surface area (Å²) in [6.45, 7) is 2.10. The van der Waals surface area contributed by atoms with Gasteiger partial charge in [0, 0.05) is 32.6 Å². The maximum absolute atomic E-state index is 12.3. The van der Waals surface area contributed by atoms with Crippen LogP contribution in [0.4, 0.5) is 0 Å². The Hall–Kier alpha value is -1.63. The fourth-order valence-corrected chi connectivity index (χ4v) is 3.52. The van der Waals surface area contributed by atoms with E-state index >= 15 is 0 Å². The van der Waals surface area contributed by atoms with E-state index in [0.717, 1.165) is 12.3 Å². The fraction of sp³-hybridized carbons (Fsp3) is 0.824. The Kier molecular flexibility index (Phi) is 7.49. The van der Waals surface area contributed by atoms with Gasteiger partial charge in [-0.05, 0) is 12.3 Å². The first-order valence-corrected chi connectivity index (χ1v) is 9.12. The molecule has 0 spiro atoms. The van der Waals surface area contributed by atoms with Gasteiger partial charge in [0.05, 0.1) is 13.1 Å². The van der Waals surface area contributed by atoms with Crippen molar-refractivity contribution in [1.29, 1.82) is 0 Å². The molecule has 136 valence electrons. The molecular weight excluding hydrogens is 308 g/mol. The van der Waals surface area contributed by atoms with Gasteiger partial charge < -0.3 is 20.9 Å². The highest BCUT2D eigenvalue weighted by molar-refractivity contribution is 5.85. The molecule has 0 aromatic rings. The molecule has 2 aliphatic rings. The van der Waals surface area contributed by atoms with Gasteiger partial charge in [0.25, 0.3) is 0 Å². The van der Waals surface area contributed by atoms with Crippen molar-refractivity contribution in [2.24, 2.45) is 11.7 Å². The molecule has 0 bridgehead atoms. The van der Waals surface area contributed by atoms with Crippen molar-refractivity contribution in [3.8, 4) is 0 Å². The summed E-state index contributed by atoms with van der Waals surface area (Å²) in [6.07, 6.45) is 8.12. The van der Waals surface area contributed by atoms with Gasteiger partial charge in [0.1, 0.15) is 0 Å². The highest BCUT2D eigenvalue weighted by Gasteiger charge is 2.24. The van der Waals surface area contributed by atoms with E-state index in [1.54, 1.807) is 4.90 Å². The third-order valence-corrected chi connectivity index (χ3v) is 5.10. The summed E-state index contributed by atoms with van der Waals surface area (Å²) in [5.41, 5.74) is 5.19. The van der Waals surface area contributed by atoms with Crippen LogP contribution in [0, 0.1) is 5.92 Å². The fourth-order valence-electron chi connectivity index (χ4n) is 3.52. The summed E-state index contributed by atoms with van der Waals surface area (Å²) in [5, 5.41) is 2.48. The normalized spacial score (nSPS) is 19.2. The van der Waals surface area contributed by atoms with Crippen molar-refractivity contribution >= 4 is 17.7 Å². The lowest BCUT2D eigenvalue weighted by molar-refractivity contribution is -0.139. The number of nitrogens with two attached hydrogens (primary N) is 1. The van der Waals surface area contributed by atoms with Crippen LogP contribution in [0.1, 0.15) is 44.9 Å². The van der Waals surface area contributed by atoms with Crippen LogP contribution in [0.25, 0.3) is 0 Å². The molecule has 0 radical (unpaired) electrons. The molecule has 3 N–H and O–H groups in total. The topological polar surface area (TPSA) is 95.7 Å². The van der Waals surface area contributed by atoms with Crippen LogP contribution in [0.15, 0.2) is 0 Å². The van der Waals surface area contributed by atoms with Crippen molar-refractivity contribution in [1.82, 2.24) is 15.1 Å². The second-order valence-electron chi connectivity index (χ2n) is 6.79. The lowest BCUT2D eigenvalue weighted by Gasteiger charge is -2.35. The number of rotatable bonds is 6. The average molecular weight is 338 g/mol. The second-order valence-corrected chi connectivity index (χ2v) is 6.79. The minimum absolute atomic E-state index is 0.0222. The standard InChI is InChI=1S/C17H30N4O3/c18-12-15(22)19-13-17(24)21-10-8-20(9-11-21)16(23)7-6-14-4-2-1-3-5-14/h14H,1-13,18H2,(H,19,22). The van der Waals surface area contributed by atoms with Crippen LogP contribution < -0.4 is 11.1 Å². The quantitative estimate of drug-likeness (QED) is 0.717. The monoisotopic (exact) mass is 338 g/mol. The number of carbonyl (C=O) groups is 3. The average Bonchev–Trinajstić information content (AvgIpc) is 2.64. The molecule has 1 aliphatic carbocycles. The number of carbonyl (C=O) groups excluding carboxylic acids is 3. The highest BCUT2D eigenvalue weighted by atomic mass is 16.2. The van der Waals surface area contributed by atoms with E-state index in [2.05, 4.69) is 5.32 Å². The summed E-state index contributed by atoms with van der Waals surface area (Å²) in [4.78, 5) is 39.0. The van der Waals surface area contributed by atoms with E-state index in [-0.39, 0.29) is 30.8 Å². The van der Waals surface area contributed by atoms with Gasteiger partial charge in [-0.25, -0.2) is 0 Å². The first-order chi connectivity index (χ1) is 11.6. The minimum Gasteiger partial charge on any atom is -0.346 e. The van der Waals surface area contributed by atoms with Gasteiger partial charge in [-0.15, -0.1) is 0 Å². The van der Waals surface area contributed by atoms with Crippen molar-refractivity contribution in [2.75, 3.05) is 39.3 Å². The van der Waals surface area contributed by atoms with Crippen LogP contribution in [0.3, 0.4) is 0 Å². The zero-order chi connectivity index (χ0) is 17.4. The molecule has 1 aliphatic heterocycles. The van der Waals surface area contributed by atoms with E-state index in [9.17, 15) is 14.4 Å². The summed E-state index contributed by atoms with van der Waals surface area (Å²) in [5.74, 6) is 0.479. The Morgan fingerprint density at radius 1 is 0.917 bits per heavy atom. The highest BCUT2D eigenvalue weighted by Crippen LogP contribution is 2.27. The maximum atomic E-state index is 12.3. The molecular formula is C17H30N4O3. The molecule has 1 saturated carbocycles. The molecule has 3 amide bonds. The zero-order valence-electron chi connectivity index (χ0n) is 14.5. The van der Waals surface area contributed by atoms with Crippen LogP contribution >= 0.6 is 0 Å². The zero-order valence-corrected chi connectivity index (χ0v) is 14.5. The van der Waals surface area contributed by atoms with E-state index < -0.39 is 0 Å². The first kappa shape index (κ1) is 18.7. The predicted molar refractivity (Wildman–Crippen MR) is 91.0 cm³/mol. The van der Waals surface area contributed by atoms with Gasteiger partial charge in [-0.1, -0.05) is 32.1 Å². The maximum Gasteiger partial charge on any atom is 0.242 e. The van der Waals surface area contributed by atoms with Gasteiger partial charge >= 0.3 is 0 Å². The Morgan fingerprint density at radius 3 is 2.08 bits per heavy atom. The number of nitrogens with one attached hydrogen (secondary N) is 1. The van der Waals surface area contributed by atoms with E-state index in [4.69, 9.17) is 5.73 Å². The van der Waals surface area contributed by atoms with Crippen molar-refractivity contribution < 1.29 is 14.4 Å². The Balaban J connectivity index is 1.64. The third kappa shape index (κ3) is 5.78. The Morgan fingerprint density at radius 2 is 1.50 bits per heavy atom. The Bertz CT molecular complexity index is 441.